The molecule has 1 aromatic carbocycles. The number of nitrogens with one attached hydrogen (secondary N) is 2. The van der Waals surface area contributed by atoms with Crippen LogP contribution in [0.15, 0.2) is 41.8 Å². The lowest BCUT2D eigenvalue weighted by atomic mass is 9.92. The van der Waals surface area contributed by atoms with E-state index >= 15 is 0 Å². The summed E-state index contributed by atoms with van der Waals surface area (Å²) in [5.74, 6) is 0.507. The minimum atomic E-state index is -0.162. The maximum atomic E-state index is 12.5. The van der Waals surface area contributed by atoms with Gasteiger partial charge in [-0.3, -0.25) is 18.8 Å². The topological polar surface area (TPSA) is 107 Å². The Morgan fingerprint density at radius 3 is 2.60 bits per heavy atom. The average molecular weight is 428 g/mol. The van der Waals surface area contributed by atoms with Crippen molar-refractivity contribution < 1.29 is 9.59 Å². The minimum Gasteiger partial charge on any atom is -0.326 e. The van der Waals surface area contributed by atoms with Gasteiger partial charge in [-0.15, -0.1) is 10.2 Å². The van der Waals surface area contributed by atoms with Gasteiger partial charge in [-0.2, -0.15) is 5.10 Å². The first-order chi connectivity index (χ1) is 14.1. The zero-order chi connectivity index (χ0) is 21.9. The first-order valence-electron chi connectivity index (χ1n) is 9.38. The number of nitrogens with zero attached hydrogens (tertiary/aromatic N) is 5. The summed E-state index contributed by atoms with van der Waals surface area (Å²) in [6.45, 7) is 7.68. The van der Waals surface area contributed by atoms with Crippen LogP contribution in [0, 0.1) is 0 Å². The van der Waals surface area contributed by atoms with Crippen molar-refractivity contribution in [2.75, 3.05) is 16.4 Å². The van der Waals surface area contributed by atoms with Gasteiger partial charge < -0.3 is 10.6 Å². The molecule has 0 atom stereocenters. The highest BCUT2D eigenvalue weighted by atomic mass is 32.2. The first-order valence-corrected chi connectivity index (χ1v) is 10.4. The third-order valence-electron chi connectivity index (χ3n) is 4.21. The molecule has 3 aromatic rings. The van der Waals surface area contributed by atoms with Crippen molar-refractivity contribution in [2.24, 2.45) is 7.05 Å². The second-order valence-electron chi connectivity index (χ2n) is 7.84. The van der Waals surface area contributed by atoms with Crippen molar-refractivity contribution >= 4 is 35.1 Å². The molecule has 0 aliphatic rings. The fraction of sp³-hybridized carbons (Fsp3) is 0.350. The number of thioether (sulfide) groups is 1. The third-order valence-corrected chi connectivity index (χ3v) is 5.15. The number of rotatable bonds is 6. The molecule has 10 heteroatoms. The molecule has 3 rings (SSSR count). The standard InChI is InChI=1S/C20H25N7O2S/c1-13(28)22-14-7-6-8-15(9-14)27-12-21-24-19(27)30-11-18(29)23-17-10-16(20(2,3)4)25-26(17)5/h6-10,12H,11H2,1-5H3,(H,22,28)(H,23,29). The lowest BCUT2D eigenvalue weighted by molar-refractivity contribution is -0.114. The number of hydrogen-bond acceptors (Lipinski definition) is 6. The van der Waals surface area contributed by atoms with Gasteiger partial charge in [-0.05, 0) is 18.2 Å². The molecule has 2 N–H and O–H groups in total. The molecule has 2 amide bonds. The monoisotopic (exact) mass is 427 g/mol. The Labute approximate surface area is 179 Å². The zero-order valence-corrected chi connectivity index (χ0v) is 18.4. The molecule has 2 heterocycles. The highest BCUT2D eigenvalue weighted by Crippen LogP contribution is 2.24. The van der Waals surface area contributed by atoms with Gasteiger partial charge >= 0.3 is 0 Å². The molecule has 0 aliphatic heterocycles. The van der Waals surface area contributed by atoms with E-state index in [1.54, 1.807) is 28.7 Å². The Morgan fingerprint density at radius 2 is 1.93 bits per heavy atom. The van der Waals surface area contributed by atoms with Gasteiger partial charge in [0, 0.05) is 31.1 Å². The molecule has 0 bridgehead atoms. The fourth-order valence-electron chi connectivity index (χ4n) is 2.70. The molecule has 0 radical (unpaired) electrons. The molecular formula is C20H25N7O2S. The van der Waals surface area contributed by atoms with Crippen LogP contribution in [0.25, 0.3) is 5.69 Å². The minimum absolute atomic E-state index is 0.0995. The molecule has 0 saturated carbocycles. The number of anilines is 2. The van der Waals surface area contributed by atoms with Crippen LogP contribution < -0.4 is 10.6 Å². The molecule has 0 aliphatic carbocycles. The number of carbonyl (C=O) groups excluding carboxylic acids is 2. The van der Waals surface area contributed by atoms with E-state index < -0.39 is 0 Å². The van der Waals surface area contributed by atoms with E-state index in [4.69, 9.17) is 0 Å². The zero-order valence-electron chi connectivity index (χ0n) is 17.6. The van der Waals surface area contributed by atoms with Crippen LogP contribution in [-0.4, -0.2) is 42.1 Å². The number of carbonyl (C=O) groups is 2. The fourth-order valence-corrected chi connectivity index (χ4v) is 3.43. The van der Waals surface area contributed by atoms with Crippen molar-refractivity contribution in [2.45, 2.75) is 38.3 Å². The maximum absolute atomic E-state index is 12.5. The van der Waals surface area contributed by atoms with Crippen LogP contribution in [0.1, 0.15) is 33.4 Å². The van der Waals surface area contributed by atoms with Gasteiger partial charge in [-0.25, -0.2) is 0 Å². The van der Waals surface area contributed by atoms with E-state index in [0.717, 1.165) is 11.4 Å². The summed E-state index contributed by atoms with van der Waals surface area (Å²) >= 11 is 1.27. The van der Waals surface area contributed by atoms with Crippen LogP contribution in [0.5, 0.6) is 0 Å². The van der Waals surface area contributed by atoms with Gasteiger partial charge in [0.15, 0.2) is 5.16 Å². The number of amides is 2. The Kier molecular flexibility index (Phi) is 6.25. The van der Waals surface area contributed by atoms with Crippen molar-refractivity contribution in [3.8, 4) is 5.69 Å². The van der Waals surface area contributed by atoms with E-state index in [2.05, 4.69) is 46.7 Å². The van der Waals surface area contributed by atoms with Gasteiger partial charge in [0.25, 0.3) is 0 Å². The summed E-state index contributed by atoms with van der Waals surface area (Å²) in [5, 5.41) is 18.7. The van der Waals surface area contributed by atoms with Gasteiger partial charge in [0.05, 0.1) is 17.1 Å². The first kappa shape index (κ1) is 21.6. The molecule has 0 saturated heterocycles. The molecule has 0 unspecified atom stereocenters. The summed E-state index contributed by atoms with van der Waals surface area (Å²) in [7, 11) is 1.80. The van der Waals surface area contributed by atoms with E-state index in [1.165, 1.54) is 18.7 Å². The predicted octanol–water partition coefficient (Wildman–Crippen LogP) is 2.99. The predicted molar refractivity (Wildman–Crippen MR) is 117 cm³/mol. The summed E-state index contributed by atoms with van der Waals surface area (Å²) in [4.78, 5) is 23.8. The third kappa shape index (κ3) is 5.26. The van der Waals surface area contributed by atoms with E-state index in [9.17, 15) is 9.59 Å². The van der Waals surface area contributed by atoms with Gasteiger partial charge in [0.2, 0.25) is 11.8 Å². The van der Waals surface area contributed by atoms with Crippen LogP contribution in [-0.2, 0) is 22.1 Å². The smallest absolute Gasteiger partial charge is 0.235 e. The highest BCUT2D eigenvalue weighted by molar-refractivity contribution is 7.99. The number of aryl methyl sites for hydroxylation is 1. The van der Waals surface area contributed by atoms with Crippen LogP contribution in [0.3, 0.4) is 0 Å². The molecule has 30 heavy (non-hydrogen) atoms. The number of aromatic nitrogens is 5. The molecule has 158 valence electrons. The van der Waals surface area contributed by atoms with E-state index in [-0.39, 0.29) is 23.0 Å². The van der Waals surface area contributed by atoms with E-state index in [0.29, 0.717) is 16.7 Å². The largest absolute Gasteiger partial charge is 0.326 e. The number of hydrogen-bond donors (Lipinski definition) is 2. The van der Waals surface area contributed by atoms with Crippen molar-refractivity contribution in [1.29, 1.82) is 0 Å². The molecular weight excluding hydrogens is 402 g/mol. The Hall–Kier alpha value is -3.14. The second-order valence-corrected chi connectivity index (χ2v) is 8.78. The Balaban J connectivity index is 1.67. The summed E-state index contributed by atoms with van der Waals surface area (Å²) in [6, 6.07) is 9.21. The van der Waals surface area contributed by atoms with Crippen molar-refractivity contribution in [3.63, 3.8) is 0 Å². The van der Waals surface area contributed by atoms with E-state index in [1.807, 2.05) is 24.3 Å². The van der Waals surface area contributed by atoms with Gasteiger partial charge in [-0.1, -0.05) is 38.6 Å². The van der Waals surface area contributed by atoms with Crippen molar-refractivity contribution in [3.05, 3.63) is 42.4 Å². The second kappa shape index (κ2) is 8.70. The Bertz CT molecular complexity index is 1070. The molecule has 0 spiro atoms. The molecule has 9 nitrogen and oxygen atoms in total. The van der Waals surface area contributed by atoms with Crippen LogP contribution >= 0.6 is 11.8 Å². The van der Waals surface area contributed by atoms with Crippen LogP contribution in [0.2, 0.25) is 0 Å². The maximum Gasteiger partial charge on any atom is 0.235 e. The van der Waals surface area contributed by atoms with Gasteiger partial charge in [0.1, 0.15) is 12.1 Å². The normalized spacial score (nSPS) is 11.4. The quantitative estimate of drug-likeness (QED) is 0.586. The van der Waals surface area contributed by atoms with Crippen LogP contribution in [0.4, 0.5) is 11.5 Å². The molecule has 0 fully saturated rings. The SMILES string of the molecule is CC(=O)Nc1cccc(-n2cnnc2SCC(=O)Nc2cc(C(C)(C)C)nn2C)c1. The number of benzene rings is 1. The Morgan fingerprint density at radius 1 is 1.17 bits per heavy atom. The molecule has 2 aromatic heterocycles. The lowest BCUT2D eigenvalue weighted by Crippen LogP contribution is -2.16. The summed E-state index contributed by atoms with van der Waals surface area (Å²) in [5.41, 5.74) is 2.27. The lowest BCUT2D eigenvalue weighted by Gasteiger charge is -2.13. The highest BCUT2D eigenvalue weighted by Gasteiger charge is 2.20. The summed E-state index contributed by atoms with van der Waals surface area (Å²) < 4.78 is 3.43. The van der Waals surface area contributed by atoms with Crippen molar-refractivity contribution in [1.82, 2.24) is 24.5 Å². The average Bonchev–Trinajstić information content (AvgIpc) is 3.26. The summed E-state index contributed by atoms with van der Waals surface area (Å²) in [6.07, 6.45) is 1.57.